The summed E-state index contributed by atoms with van der Waals surface area (Å²) in [6, 6.07) is 11.9. The van der Waals surface area contributed by atoms with Gasteiger partial charge in [0.25, 0.3) is 0 Å². The SMILES string of the molecule is CS(=O)(=O)c1ccc(/C(=C(\CC(=O)O)C(=O)O)c2ccc(Cl)cc2)cc1. The standard InChI is InChI=1S/C18H15ClO6S/c1-26(24,25)14-8-4-12(5-9-14)17(11-2-6-13(19)7-3-11)15(18(22)23)10-16(20)21/h2-9H,10H2,1H3,(H,20,21)(H,22,23)/b17-15+. The Morgan fingerprint density at radius 2 is 1.38 bits per heavy atom. The fourth-order valence-electron chi connectivity index (χ4n) is 2.42. The first-order chi connectivity index (χ1) is 12.1. The Balaban J connectivity index is 2.73. The molecule has 0 aliphatic rings. The van der Waals surface area contributed by atoms with E-state index in [4.69, 9.17) is 16.7 Å². The second-order valence-electron chi connectivity index (χ2n) is 5.53. The number of hydrogen-bond donors (Lipinski definition) is 2. The van der Waals surface area contributed by atoms with Crippen molar-refractivity contribution in [1.29, 1.82) is 0 Å². The molecular formula is C18H15ClO6S. The van der Waals surface area contributed by atoms with Gasteiger partial charge >= 0.3 is 11.9 Å². The van der Waals surface area contributed by atoms with Crippen LogP contribution in [0.1, 0.15) is 17.5 Å². The van der Waals surface area contributed by atoms with Gasteiger partial charge in [-0.3, -0.25) is 4.79 Å². The van der Waals surface area contributed by atoms with E-state index in [2.05, 4.69) is 0 Å². The average Bonchev–Trinajstić information content (AvgIpc) is 2.55. The van der Waals surface area contributed by atoms with Crippen LogP contribution in [-0.2, 0) is 19.4 Å². The third-order valence-electron chi connectivity index (χ3n) is 3.59. The minimum Gasteiger partial charge on any atom is -0.481 e. The largest absolute Gasteiger partial charge is 0.481 e. The zero-order valence-corrected chi connectivity index (χ0v) is 15.2. The molecule has 0 heterocycles. The maximum atomic E-state index is 11.7. The normalized spacial score (nSPS) is 12.4. The highest BCUT2D eigenvalue weighted by Gasteiger charge is 2.21. The molecule has 2 N–H and O–H groups in total. The first-order valence-electron chi connectivity index (χ1n) is 7.34. The summed E-state index contributed by atoms with van der Waals surface area (Å²) in [6.07, 6.45) is 0.367. The molecule has 8 heteroatoms. The summed E-state index contributed by atoms with van der Waals surface area (Å²) in [5.74, 6) is -2.66. The van der Waals surface area contributed by atoms with Crippen LogP contribution in [0.15, 0.2) is 59.0 Å². The number of carboxylic acid groups (broad SMARTS) is 2. The first-order valence-corrected chi connectivity index (χ1v) is 9.61. The maximum absolute atomic E-state index is 11.7. The van der Waals surface area contributed by atoms with Crippen molar-refractivity contribution in [2.75, 3.05) is 6.26 Å². The van der Waals surface area contributed by atoms with Gasteiger partial charge in [-0.1, -0.05) is 35.9 Å². The summed E-state index contributed by atoms with van der Waals surface area (Å²) < 4.78 is 23.2. The molecule has 0 saturated heterocycles. The molecule has 2 aromatic carbocycles. The lowest BCUT2D eigenvalue weighted by Crippen LogP contribution is -2.10. The Labute approximate surface area is 155 Å². The lowest BCUT2D eigenvalue weighted by Gasteiger charge is -2.13. The Morgan fingerprint density at radius 3 is 1.77 bits per heavy atom. The van der Waals surface area contributed by atoms with Gasteiger partial charge in [0, 0.05) is 11.3 Å². The van der Waals surface area contributed by atoms with E-state index in [9.17, 15) is 23.1 Å². The predicted octanol–water partition coefficient (Wildman–Crippen LogP) is 3.10. The molecule has 0 aliphatic carbocycles. The van der Waals surface area contributed by atoms with Gasteiger partial charge < -0.3 is 10.2 Å². The molecule has 0 spiro atoms. The number of sulfone groups is 1. The summed E-state index contributed by atoms with van der Waals surface area (Å²) in [4.78, 5) is 22.9. The topological polar surface area (TPSA) is 109 Å². The molecule has 26 heavy (non-hydrogen) atoms. The van der Waals surface area contributed by atoms with E-state index in [1.165, 1.54) is 24.3 Å². The van der Waals surface area contributed by atoms with Crippen LogP contribution in [0.5, 0.6) is 0 Å². The van der Waals surface area contributed by atoms with Crippen molar-refractivity contribution in [1.82, 2.24) is 0 Å². The summed E-state index contributed by atoms with van der Waals surface area (Å²) in [5, 5.41) is 19.0. The van der Waals surface area contributed by atoms with Crippen LogP contribution >= 0.6 is 11.6 Å². The van der Waals surface area contributed by atoms with Crippen LogP contribution in [-0.4, -0.2) is 36.8 Å². The van der Waals surface area contributed by atoms with Crippen LogP contribution in [0.3, 0.4) is 0 Å². The second-order valence-corrected chi connectivity index (χ2v) is 7.98. The van der Waals surface area contributed by atoms with Gasteiger partial charge in [-0.25, -0.2) is 13.2 Å². The molecule has 2 aromatic rings. The minimum absolute atomic E-state index is 0.0758. The zero-order valence-electron chi connectivity index (χ0n) is 13.6. The fourth-order valence-corrected chi connectivity index (χ4v) is 3.18. The lowest BCUT2D eigenvalue weighted by molar-refractivity contribution is -0.139. The zero-order chi connectivity index (χ0) is 19.5. The molecule has 0 radical (unpaired) electrons. The molecule has 0 bridgehead atoms. The smallest absolute Gasteiger partial charge is 0.332 e. The monoisotopic (exact) mass is 394 g/mol. The van der Waals surface area contributed by atoms with Crippen LogP contribution in [0, 0.1) is 0 Å². The highest BCUT2D eigenvalue weighted by molar-refractivity contribution is 7.90. The van der Waals surface area contributed by atoms with Crippen LogP contribution < -0.4 is 0 Å². The van der Waals surface area contributed by atoms with Gasteiger partial charge in [-0.15, -0.1) is 0 Å². The van der Waals surface area contributed by atoms with Gasteiger partial charge in [-0.2, -0.15) is 0 Å². The van der Waals surface area contributed by atoms with Crippen molar-refractivity contribution in [2.45, 2.75) is 11.3 Å². The molecule has 0 amide bonds. The number of hydrogen-bond acceptors (Lipinski definition) is 4. The Hall–Kier alpha value is -2.64. The highest BCUT2D eigenvalue weighted by atomic mass is 35.5. The van der Waals surface area contributed by atoms with Crippen molar-refractivity contribution in [2.24, 2.45) is 0 Å². The second kappa shape index (κ2) is 7.72. The van der Waals surface area contributed by atoms with Crippen molar-refractivity contribution in [3.63, 3.8) is 0 Å². The lowest BCUT2D eigenvalue weighted by atomic mass is 9.91. The number of halogens is 1. The Morgan fingerprint density at radius 1 is 0.923 bits per heavy atom. The maximum Gasteiger partial charge on any atom is 0.332 e. The van der Waals surface area contributed by atoms with Crippen LogP contribution in [0.2, 0.25) is 5.02 Å². The number of carboxylic acids is 2. The fraction of sp³-hybridized carbons (Fsp3) is 0.111. The quantitative estimate of drug-likeness (QED) is 0.728. The number of aliphatic carboxylic acids is 2. The molecule has 0 aromatic heterocycles. The number of benzene rings is 2. The summed E-state index contributed by atoms with van der Waals surface area (Å²) in [7, 11) is -3.42. The van der Waals surface area contributed by atoms with E-state index < -0.39 is 28.2 Å². The molecule has 2 rings (SSSR count). The van der Waals surface area contributed by atoms with E-state index in [-0.39, 0.29) is 16.0 Å². The van der Waals surface area contributed by atoms with Crippen LogP contribution in [0.25, 0.3) is 5.57 Å². The number of carbonyl (C=O) groups is 2. The third kappa shape index (κ3) is 4.71. The predicted molar refractivity (Wildman–Crippen MR) is 96.9 cm³/mol. The van der Waals surface area contributed by atoms with E-state index in [0.29, 0.717) is 16.1 Å². The van der Waals surface area contributed by atoms with Gasteiger partial charge in [0.15, 0.2) is 9.84 Å². The molecule has 136 valence electrons. The van der Waals surface area contributed by atoms with Crippen molar-refractivity contribution >= 4 is 38.9 Å². The molecule has 6 nitrogen and oxygen atoms in total. The third-order valence-corrected chi connectivity index (χ3v) is 4.97. The molecule has 0 saturated carbocycles. The molecular weight excluding hydrogens is 380 g/mol. The van der Waals surface area contributed by atoms with Gasteiger partial charge in [0.05, 0.1) is 16.9 Å². The minimum atomic E-state index is -3.42. The van der Waals surface area contributed by atoms with Gasteiger partial charge in [0.1, 0.15) is 0 Å². The average molecular weight is 395 g/mol. The van der Waals surface area contributed by atoms with Crippen molar-refractivity contribution < 1.29 is 28.2 Å². The van der Waals surface area contributed by atoms with E-state index in [1.807, 2.05) is 0 Å². The van der Waals surface area contributed by atoms with E-state index >= 15 is 0 Å². The summed E-state index contributed by atoms with van der Waals surface area (Å²) in [5.41, 5.74) is 0.724. The van der Waals surface area contributed by atoms with Crippen molar-refractivity contribution in [3.05, 3.63) is 70.3 Å². The van der Waals surface area contributed by atoms with E-state index in [1.54, 1.807) is 24.3 Å². The van der Waals surface area contributed by atoms with Gasteiger partial charge in [0.2, 0.25) is 0 Å². The highest BCUT2D eigenvalue weighted by Crippen LogP contribution is 2.30. The molecule has 0 unspecified atom stereocenters. The molecule has 0 atom stereocenters. The number of rotatable bonds is 6. The van der Waals surface area contributed by atoms with Gasteiger partial charge in [-0.05, 0) is 41.0 Å². The first kappa shape index (κ1) is 19.7. The van der Waals surface area contributed by atoms with Crippen LogP contribution in [0.4, 0.5) is 0 Å². The summed E-state index contributed by atoms with van der Waals surface area (Å²) >= 11 is 5.87. The van der Waals surface area contributed by atoms with E-state index in [0.717, 1.165) is 6.26 Å². The molecule has 0 aliphatic heterocycles. The summed E-state index contributed by atoms with van der Waals surface area (Å²) in [6.45, 7) is 0. The Kier molecular flexibility index (Phi) is 5.84. The van der Waals surface area contributed by atoms with Crippen molar-refractivity contribution in [3.8, 4) is 0 Å². The Bertz CT molecular complexity index is 973. The molecule has 0 fully saturated rings.